The van der Waals surface area contributed by atoms with Crippen molar-refractivity contribution < 1.29 is 9.18 Å². The summed E-state index contributed by atoms with van der Waals surface area (Å²) in [5.41, 5.74) is 1.86. The average Bonchev–Trinajstić information content (AvgIpc) is 2.71. The molecule has 0 N–H and O–H groups in total. The summed E-state index contributed by atoms with van der Waals surface area (Å²) >= 11 is 0. The smallest absolute Gasteiger partial charge is 0.293 e. The molecule has 0 atom stereocenters. The van der Waals surface area contributed by atoms with Crippen LogP contribution in [0.1, 0.15) is 5.56 Å². The minimum absolute atomic E-state index is 0.0457. The number of benzene rings is 1. The molecule has 1 aromatic carbocycles. The monoisotopic (exact) mass is 381 g/mol. The highest BCUT2D eigenvalue weighted by Gasteiger charge is 2.24. The van der Waals surface area contributed by atoms with Gasteiger partial charge >= 0.3 is 0 Å². The van der Waals surface area contributed by atoms with Crippen LogP contribution in [0.25, 0.3) is 11.0 Å². The molecule has 0 aliphatic carbocycles. The van der Waals surface area contributed by atoms with Crippen molar-refractivity contribution in [3.8, 4) is 0 Å². The van der Waals surface area contributed by atoms with Crippen LogP contribution in [-0.4, -0.2) is 51.5 Å². The predicted molar refractivity (Wildman–Crippen MR) is 104 cm³/mol. The number of carbonyl (C=O) groups excluding carboxylic acids is 1. The number of pyridine rings is 1. The van der Waals surface area contributed by atoms with Gasteiger partial charge in [-0.1, -0.05) is 12.1 Å². The van der Waals surface area contributed by atoms with Crippen molar-refractivity contribution in [3.05, 3.63) is 64.5 Å². The van der Waals surface area contributed by atoms with Crippen LogP contribution >= 0.6 is 0 Å². The zero-order valence-electron chi connectivity index (χ0n) is 15.5. The summed E-state index contributed by atoms with van der Waals surface area (Å²) in [6, 6.07) is 7.87. The van der Waals surface area contributed by atoms with Crippen molar-refractivity contribution >= 4 is 22.8 Å². The number of piperazine rings is 1. The first kappa shape index (κ1) is 18.1. The van der Waals surface area contributed by atoms with E-state index in [2.05, 4.69) is 9.97 Å². The Labute approximate surface area is 161 Å². The molecule has 0 radical (unpaired) electrons. The second-order valence-electron chi connectivity index (χ2n) is 6.84. The highest BCUT2D eigenvalue weighted by atomic mass is 19.1. The minimum atomic E-state index is -0.344. The van der Waals surface area contributed by atoms with Crippen molar-refractivity contribution in [2.45, 2.75) is 6.42 Å². The molecule has 0 bridgehead atoms. The van der Waals surface area contributed by atoms with Crippen LogP contribution in [0.15, 0.2) is 47.5 Å². The quantitative estimate of drug-likeness (QED) is 0.685. The summed E-state index contributed by atoms with van der Waals surface area (Å²) in [5.74, 6) is -0.00216. The van der Waals surface area contributed by atoms with E-state index in [1.807, 2.05) is 4.90 Å². The van der Waals surface area contributed by atoms with Gasteiger partial charge in [0.25, 0.3) is 5.56 Å². The molecule has 1 saturated heterocycles. The van der Waals surface area contributed by atoms with E-state index in [-0.39, 0.29) is 23.7 Å². The Hall–Kier alpha value is -3.29. The zero-order valence-corrected chi connectivity index (χ0v) is 15.5. The molecule has 4 rings (SSSR count). The molecule has 3 heterocycles. The number of nitrogens with zero attached hydrogens (tertiary/aromatic N) is 5. The number of halogens is 1. The first-order valence-electron chi connectivity index (χ1n) is 9.11. The van der Waals surface area contributed by atoms with E-state index in [0.29, 0.717) is 48.6 Å². The molecule has 8 heteroatoms. The van der Waals surface area contributed by atoms with Crippen LogP contribution in [0.2, 0.25) is 0 Å². The number of amides is 1. The number of carbonyl (C=O) groups is 1. The predicted octanol–water partition coefficient (Wildman–Crippen LogP) is 1.36. The lowest BCUT2D eigenvalue weighted by Crippen LogP contribution is -2.51. The van der Waals surface area contributed by atoms with Crippen LogP contribution in [-0.2, 0) is 18.3 Å². The molecule has 1 aliphatic heterocycles. The lowest BCUT2D eigenvalue weighted by Gasteiger charge is -2.35. The van der Waals surface area contributed by atoms with E-state index >= 15 is 0 Å². The number of aromatic nitrogens is 3. The Morgan fingerprint density at radius 3 is 2.71 bits per heavy atom. The highest BCUT2D eigenvalue weighted by molar-refractivity contribution is 5.79. The van der Waals surface area contributed by atoms with Crippen LogP contribution in [0, 0.1) is 5.82 Å². The molecular formula is C20H20FN5O2. The van der Waals surface area contributed by atoms with E-state index in [4.69, 9.17) is 0 Å². The lowest BCUT2D eigenvalue weighted by molar-refractivity contribution is -0.130. The highest BCUT2D eigenvalue weighted by Crippen LogP contribution is 2.15. The summed E-state index contributed by atoms with van der Waals surface area (Å²) in [7, 11) is 1.70. The number of aryl methyl sites for hydroxylation is 1. The molecule has 2 aromatic heterocycles. The number of hydrogen-bond donors (Lipinski definition) is 0. The molecular weight excluding hydrogens is 361 g/mol. The maximum atomic E-state index is 13.3. The van der Waals surface area contributed by atoms with Gasteiger partial charge in [0.2, 0.25) is 5.91 Å². The molecule has 1 fully saturated rings. The lowest BCUT2D eigenvalue weighted by atomic mass is 10.1. The average molecular weight is 381 g/mol. The second-order valence-corrected chi connectivity index (χ2v) is 6.84. The summed E-state index contributed by atoms with van der Waals surface area (Å²) in [4.78, 5) is 37.4. The summed E-state index contributed by atoms with van der Waals surface area (Å²) < 4.78 is 14.9. The third-order valence-corrected chi connectivity index (χ3v) is 5.04. The topological polar surface area (TPSA) is 71.3 Å². The van der Waals surface area contributed by atoms with Crippen LogP contribution in [0.4, 0.5) is 10.2 Å². The molecule has 1 aliphatic rings. The number of rotatable bonds is 3. The van der Waals surface area contributed by atoms with Crippen molar-refractivity contribution in [2.24, 2.45) is 7.05 Å². The molecule has 1 amide bonds. The number of anilines is 1. The standard InChI is InChI=1S/C20H20FN5O2/c1-24-17-13-22-6-5-16(17)23-19(20(24)28)26-9-7-25(8-10-26)18(27)12-14-3-2-4-15(21)11-14/h2-6,11,13H,7-10,12H2,1H3. The van der Waals surface area contributed by atoms with E-state index in [0.717, 1.165) is 0 Å². The van der Waals surface area contributed by atoms with Gasteiger partial charge in [-0.25, -0.2) is 9.37 Å². The molecule has 28 heavy (non-hydrogen) atoms. The second kappa shape index (κ2) is 7.38. The maximum Gasteiger partial charge on any atom is 0.293 e. The zero-order chi connectivity index (χ0) is 19.7. The van der Waals surface area contributed by atoms with E-state index in [1.54, 1.807) is 47.1 Å². The van der Waals surface area contributed by atoms with E-state index in [1.165, 1.54) is 12.1 Å². The largest absolute Gasteiger partial charge is 0.348 e. The normalized spacial score (nSPS) is 14.5. The summed E-state index contributed by atoms with van der Waals surface area (Å²) in [5, 5.41) is 0. The van der Waals surface area contributed by atoms with Gasteiger partial charge in [0.15, 0.2) is 5.82 Å². The van der Waals surface area contributed by atoms with Gasteiger partial charge in [0.05, 0.1) is 23.7 Å². The summed E-state index contributed by atoms with van der Waals surface area (Å²) in [6.45, 7) is 2.03. The Balaban J connectivity index is 1.47. The first-order valence-corrected chi connectivity index (χ1v) is 9.11. The minimum Gasteiger partial charge on any atom is -0.348 e. The van der Waals surface area contributed by atoms with E-state index in [9.17, 15) is 14.0 Å². The fourth-order valence-corrected chi connectivity index (χ4v) is 3.46. The molecule has 144 valence electrons. The van der Waals surface area contributed by atoms with Gasteiger partial charge in [0.1, 0.15) is 5.82 Å². The Kier molecular flexibility index (Phi) is 4.77. The van der Waals surface area contributed by atoms with Gasteiger partial charge in [0, 0.05) is 39.4 Å². The van der Waals surface area contributed by atoms with Crippen molar-refractivity contribution in [1.82, 2.24) is 19.4 Å². The van der Waals surface area contributed by atoms with E-state index < -0.39 is 0 Å². The van der Waals surface area contributed by atoms with Gasteiger partial charge in [-0.2, -0.15) is 0 Å². The fourth-order valence-electron chi connectivity index (χ4n) is 3.46. The Morgan fingerprint density at radius 1 is 1.18 bits per heavy atom. The van der Waals surface area contributed by atoms with Crippen LogP contribution < -0.4 is 10.5 Å². The Morgan fingerprint density at radius 2 is 1.96 bits per heavy atom. The van der Waals surface area contributed by atoms with Gasteiger partial charge in [-0.15, -0.1) is 0 Å². The number of hydrogen-bond acceptors (Lipinski definition) is 5. The maximum absolute atomic E-state index is 13.3. The van der Waals surface area contributed by atoms with Crippen molar-refractivity contribution in [3.63, 3.8) is 0 Å². The van der Waals surface area contributed by atoms with Gasteiger partial charge in [-0.3, -0.25) is 14.6 Å². The first-order chi connectivity index (χ1) is 13.5. The van der Waals surface area contributed by atoms with Crippen LogP contribution in [0.5, 0.6) is 0 Å². The Bertz CT molecular complexity index is 1090. The fraction of sp³-hybridized carbons (Fsp3) is 0.300. The van der Waals surface area contributed by atoms with Gasteiger partial charge < -0.3 is 14.4 Å². The van der Waals surface area contributed by atoms with Crippen LogP contribution in [0.3, 0.4) is 0 Å². The van der Waals surface area contributed by atoms with Crippen molar-refractivity contribution in [1.29, 1.82) is 0 Å². The third kappa shape index (κ3) is 3.45. The molecule has 7 nitrogen and oxygen atoms in total. The number of fused-ring (bicyclic) bond motifs is 1. The molecule has 0 saturated carbocycles. The van der Waals surface area contributed by atoms with Crippen molar-refractivity contribution in [2.75, 3.05) is 31.1 Å². The van der Waals surface area contributed by atoms with Gasteiger partial charge in [-0.05, 0) is 23.8 Å². The SMILES string of the molecule is Cn1c(=O)c(N2CCN(C(=O)Cc3cccc(F)c3)CC2)nc2ccncc21. The summed E-state index contributed by atoms with van der Waals surface area (Å²) in [6.07, 6.45) is 3.43. The molecule has 3 aromatic rings. The third-order valence-electron chi connectivity index (χ3n) is 5.04. The molecule has 0 unspecified atom stereocenters. The molecule has 0 spiro atoms.